The summed E-state index contributed by atoms with van der Waals surface area (Å²) in [6, 6.07) is 4.36. The van der Waals surface area contributed by atoms with Gasteiger partial charge in [0.2, 0.25) is 0 Å². The molecule has 0 atom stereocenters. The zero-order chi connectivity index (χ0) is 16.8. The molecule has 0 aliphatic heterocycles. The first-order chi connectivity index (χ1) is 11.7. The molecule has 25 heavy (non-hydrogen) atoms. The number of anilines is 1. The summed E-state index contributed by atoms with van der Waals surface area (Å²) in [7, 11) is 0. The Hall–Kier alpha value is -1.52. The molecule has 10 radical (unpaired) electrons. The Bertz CT molecular complexity index is 663. The van der Waals surface area contributed by atoms with Crippen LogP contribution < -0.4 is 15.5 Å². The molecule has 2 aromatic rings. The van der Waals surface area contributed by atoms with Crippen LogP contribution in [-0.4, -0.2) is 16.5 Å². The fourth-order valence-corrected chi connectivity index (χ4v) is 2.25. The summed E-state index contributed by atoms with van der Waals surface area (Å²) in [5.41, 5.74) is 1.18. The first-order valence-electron chi connectivity index (χ1n) is 7.49. The van der Waals surface area contributed by atoms with E-state index in [9.17, 15) is 10.2 Å². The van der Waals surface area contributed by atoms with Crippen LogP contribution in [0.3, 0.4) is 0 Å². The number of aromatic nitrogens is 2. The minimum Gasteiger partial charge on any atom is -0.858 e. The van der Waals surface area contributed by atoms with Gasteiger partial charge in [-0.3, -0.25) is 4.98 Å². The van der Waals surface area contributed by atoms with Crippen LogP contribution in [-0.2, 0) is 17.1 Å². The average Bonchev–Trinajstić information content (AvgIpc) is 3.29. The van der Waals surface area contributed by atoms with Crippen molar-refractivity contribution in [1.29, 1.82) is 0 Å². The summed E-state index contributed by atoms with van der Waals surface area (Å²) >= 11 is 0. The molecule has 0 bridgehead atoms. The third-order valence-corrected chi connectivity index (χ3v) is 3.42. The number of fused-ring (bicyclic) bond motifs is 1. The molecular formula is C19H15FeN3O2. The first kappa shape index (κ1) is 19.8. The van der Waals surface area contributed by atoms with Gasteiger partial charge >= 0.3 is 17.1 Å². The minimum atomic E-state index is -0.741. The van der Waals surface area contributed by atoms with Gasteiger partial charge in [0, 0.05) is 23.5 Å². The van der Waals surface area contributed by atoms with Gasteiger partial charge < -0.3 is 15.5 Å². The van der Waals surface area contributed by atoms with E-state index in [-0.39, 0.29) is 17.1 Å². The zero-order valence-corrected chi connectivity index (χ0v) is 14.3. The van der Waals surface area contributed by atoms with Crippen molar-refractivity contribution in [2.75, 3.05) is 11.9 Å². The van der Waals surface area contributed by atoms with Crippen molar-refractivity contribution in [2.24, 2.45) is 0 Å². The summed E-state index contributed by atoms with van der Waals surface area (Å²) < 4.78 is 0. The van der Waals surface area contributed by atoms with Gasteiger partial charge in [0.05, 0.1) is 11.5 Å². The molecule has 0 amide bonds. The van der Waals surface area contributed by atoms with Crippen LogP contribution >= 0.6 is 0 Å². The molecule has 2 fully saturated rings. The Balaban J connectivity index is 0.000000325. The van der Waals surface area contributed by atoms with Crippen molar-refractivity contribution < 1.29 is 27.3 Å². The monoisotopic (exact) mass is 373 g/mol. The third kappa shape index (κ3) is 5.75. The summed E-state index contributed by atoms with van der Waals surface area (Å²) in [6.45, 7) is 0.674. The molecule has 2 aliphatic rings. The van der Waals surface area contributed by atoms with Gasteiger partial charge in [-0.1, -0.05) is 0 Å². The fourth-order valence-electron chi connectivity index (χ4n) is 2.25. The predicted molar refractivity (Wildman–Crippen MR) is 88.9 cm³/mol. The molecule has 1 aromatic carbocycles. The topological polar surface area (TPSA) is 83.9 Å². The second-order valence-electron chi connectivity index (χ2n) is 5.15. The molecule has 1 aromatic heterocycles. The van der Waals surface area contributed by atoms with E-state index in [0.717, 1.165) is 11.6 Å². The van der Waals surface area contributed by atoms with Crippen LogP contribution in [0.25, 0.3) is 10.9 Å². The van der Waals surface area contributed by atoms with Crippen LogP contribution in [0, 0.1) is 63.7 Å². The average molecular weight is 373 g/mol. The molecular weight excluding hydrogens is 358 g/mol. The van der Waals surface area contributed by atoms with Gasteiger partial charge in [0.25, 0.3) is 0 Å². The number of nitrogens with zero attached hydrogens (tertiary/aromatic N) is 2. The zero-order valence-electron chi connectivity index (χ0n) is 13.2. The Labute approximate surface area is 159 Å². The Kier molecular flexibility index (Phi) is 7.79. The number of hydrogen-bond donors (Lipinski definition) is 1. The summed E-state index contributed by atoms with van der Waals surface area (Å²) in [5.74, 6) is 0.626. The molecule has 2 aliphatic carbocycles. The summed E-state index contributed by atoms with van der Waals surface area (Å²) in [6.07, 6.45) is 18.0. The maximum Gasteiger partial charge on any atom is 2.00 e. The third-order valence-electron chi connectivity index (χ3n) is 3.42. The smallest absolute Gasteiger partial charge is 0.858 e. The van der Waals surface area contributed by atoms with Gasteiger partial charge in [0.1, 0.15) is 0 Å². The van der Waals surface area contributed by atoms with Crippen molar-refractivity contribution in [1.82, 2.24) is 9.97 Å². The molecule has 5 nitrogen and oxygen atoms in total. The van der Waals surface area contributed by atoms with Gasteiger partial charge in [-0.2, -0.15) is 0 Å². The molecule has 2 saturated carbocycles. The molecule has 0 unspecified atom stereocenters. The van der Waals surface area contributed by atoms with E-state index >= 15 is 0 Å². The summed E-state index contributed by atoms with van der Waals surface area (Å²) in [4.78, 5) is 7.00. The van der Waals surface area contributed by atoms with E-state index in [2.05, 4.69) is 15.3 Å². The Morgan fingerprint density at radius 1 is 0.840 bits per heavy atom. The van der Waals surface area contributed by atoms with Crippen LogP contribution in [0.4, 0.5) is 5.69 Å². The largest absolute Gasteiger partial charge is 2.00 e. The molecule has 1 N–H and O–H groups in total. The van der Waals surface area contributed by atoms with Crippen molar-refractivity contribution in [3.8, 4) is 11.9 Å². The quantitative estimate of drug-likeness (QED) is 0.827. The van der Waals surface area contributed by atoms with Crippen molar-refractivity contribution in [3.05, 3.63) is 81.9 Å². The predicted octanol–water partition coefficient (Wildman–Crippen LogP) is 1.61. The molecule has 4 rings (SSSR count). The molecule has 6 heteroatoms. The van der Waals surface area contributed by atoms with E-state index in [1.54, 1.807) is 18.2 Å². The van der Waals surface area contributed by atoms with Gasteiger partial charge in [-0.15, -0.1) is 0 Å². The van der Waals surface area contributed by atoms with Crippen molar-refractivity contribution in [2.45, 2.75) is 0 Å². The molecule has 0 saturated heterocycles. The number of benzene rings is 1. The molecule has 0 spiro atoms. The number of rotatable bonds is 3. The molecule has 126 valence electrons. The van der Waals surface area contributed by atoms with Gasteiger partial charge in [-0.25, -0.2) is 4.98 Å². The standard InChI is InChI=1S/C14H12N3O2.C5H5.Fe/c18-13-11-7-10(15-8-9-3-1-2-4-9)5-6-12(11)16-14(19)17-13;1-2-4-5-3-1;/h1-7,15H,8H2,(H2,16,17,18,19);1-5H;/q;;+2/p-2. The molecule has 1 heterocycles. The SMILES string of the molecule is [CH]1[CH][CH][CH][CH]1.[Fe+2].[O-]c1nc([O-])c2cc(NC[C]3[CH][CH][CH][CH]3)ccc2n1. The Morgan fingerprint density at radius 3 is 2.12 bits per heavy atom. The maximum atomic E-state index is 11.6. The van der Waals surface area contributed by atoms with E-state index in [1.807, 2.05) is 57.8 Å². The minimum absolute atomic E-state index is 0. The second kappa shape index (κ2) is 9.83. The van der Waals surface area contributed by atoms with E-state index < -0.39 is 11.9 Å². The Morgan fingerprint density at radius 2 is 1.48 bits per heavy atom. The number of nitrogens with one attached hydrogen (secondary N) is 1. The first-order valence-corrected chi connectivity index (χ1v) is 7.49. The van der Waals surface area contributed by atoms with Gasteiger partial charge in [-0.05, 0) is 81.9 Å². The van der Waals surface area contributed by atoms with Gasteiger partial charge in [0.15, 0.2) is 0 Å². The van der Waals surface area contributed by atoms with E-state index in [1.165, 1.54) is 0 Å². The maximum absolute atomic E-state index is 11.6. The normalized spacial score (nSPS) is 17.0. The second-order valence-corrected chi connectivity index (χ2v) is 5.15. The van der Waals surface area contributed by atoms with E-state index in [4.69, 9.17) is 0 Å². The van der Waals surface area contributed by atoms with Crippen LogP contribution in [0.2, 0.25) is 0 Å². The fraction of sp³-hybridized carbons (Fsp3) is 0.0526. The number of hydrogen-bond acceptors (Lipinski definition) is 5. The van der Waals surface area contributed by atoms with Crippen LogP contribution in [0.15, 0.2) is 18.2 Å². The van der Waals surface area contributed by atoms with Crippen LogP contribution in [0.1, 0.15) is 0 Å². The van der Waals surface area contributed by atoms with Crippen molar-refractivity contribution in [3.63, 3.8) is 0 Å². The van der Waals surface area contributed by atoms with E-state index in [0.29, 0.717) is 17.4 Å². The van der Waals surface area contributed by atoms with Crippen molar-refractivity contribution >= 4 is 16.6 Å². The van der Waals surface area contributed by atoms with Crippen LogP contribution in [0.5, 0.6) is 11.9 Å². The summed E-state index contributed by atoms with van der Waals surface area (Å²) in [5, 5.41) is 26.2.